The molecule has 7 heteroatoms. The number of rotatable bonds is 4. The monoisotopic (exact) mass is 277 g/mol. The molecule has 0 unspecified atom stereocenters. The minimum atomic E-state index is -1.09. The average Bonchev–Trinajstić information content (AvgIpc) is 2.90. The van der Waals surface area contributed by atoms with E-state index in [4.69, 9.17) is 5.11 Å². The smallest absolute Gasteiger partial charge is 0.337 e. The van der Waals surface area contributed by atoms with Crippen LogP contribution in [0.5, 0.6) is 0 Å². The number of carboxylic acids is 1. The summed E-state index contributed by atoms with van der Waals surface area (Å²) in [6, 6.07) is 5.75. The second kappa shape index (κ2) is 5.96. The van der Waals surface area contributed by atoms with Gasteiger partial charge in [-0.15, -0.1) is 11.3 Å². The Morgan fingerprint density at radius 3 is 2.79 bits per heavy atom. The number of benzene rings is 1. The zero-order chi connectivity index (χ0) is 13.7. The molecule has 1 aromatic carbocycles. The van der Waals surface area contributed by atoms with E-state index >= 15 is 0 Å². The number of carbonyl (C=O) groups is 2. The fraction of sp³-hybridized carbons (Fsp3) is 0.0833. The number of nitrogens with zero attached hydrogens (tertiary/aromatic N) is 1. The number of nitrogens with one attached hydrogen (secondary N) is 2. The van der Waals surface area contributed by atoms with Crippen LogP contribution in [0.4, 0.5) is 10.5 Å². The molecule has 2 aromatic rings. The standard InChI is InChI=1S/C12H11N3O3S/c16-11(17)8-3-1-2-4-9(8)15-12(18)14-7-10-13-5-6-19-10/h1-6H,7H2,(H,16,17)(H2,14,15,18). The van der Waals surface area contributed by atoms with Gasteiger partial charge in [-0.3, -0.25) is 0 Å². The number of thiazole rings is 1. The molecule has 1 heterocycles. The third-order valence-corrected chi connectivity index (χ3v) is 3.07. The Kier molecular flexibility index (Phi) is 4.09. The number of hydrogen-bond acceptors (Lipinski definition) is 4. The van der Waals surface area contributed by atoms with Gasteiger partial charge < -0.3 is 15.7 Å². The van der Waals surface area contributed by atoms with Crippen molar-refractivity contribution >= 4 is 29.0 Å². The molecule has 6 nitrogen and oxygen atoms in total. The van der Waals surface area contributed by atoms with Gasteiger partial charge in [0.2, 0.25) is 0 Å². The number of aromatic nitrogens is 1. The Morgan fingerprint density at radius 1 is 1.32 bits per heavy atom. The Bertz CT molecular complexity index is 584. The minimum absolute atomic E-state index is 0.0481. The number of urea groups is 1. The van der Waals surface area contributed by atoms with Crippen molar-refractivity contribution in [2.24, 2.45) is 0 Å². The molecule has 0 bridgehead atoms. The van der Waals surface area contributed by atoms with E-state index in [0.29, 0.717) is 6.54 Å². The maximum Gasteiger partial charge on any atom is 0.337 e. The quantitative estimate of drug-likeness (QED) is 0.798. The van der Waals surface area contributed by atoms with Crippen LogP contribution in [0.15, 0.2) is 35.8 Å². The largest absolute Gasteiger partial charge is 0.478 e. The zero-order valence-electron chi connectivity index (χ0n) is 9.79. The summed E-state index contributed by atoms with van der Waals surface area (Å²) in [5, 5.41) is 16.7. The first-order chi connectivity index (χ1) is 9.16. The van der Waals surface area contributed by atoms with Gasteiger partial charge >= 0.3 is 12.0 Å². The van der Waals surface area contributed by atoms with Crippen molar-refractivity contribution in [3.8, 4) is 0 Å². The van der Waals surface area contributed by atoms with E-state index in [-0.39, 0.29) is 11.3 Å². The topological polar surface area (TPSA) is 91.3 Å². The van der Waals surface area contributed by atoms with E-state index in [1.54, 1.807) is 18.3 Å². The number of carbonyl (C=O) groups excluding carboxylic acids is 1. The first-order valence-electron chi connectivity index (χ1n) is 5.42. The molecule has 0 radical (unpaired) electrons. The Morgan fingerprint density at radius 2 is 2.11 bits per heavy atom. The third kappa shape index (κ3) is 3.52. The van der Waals surface area contributed by atoms with Crippen LogP contribution in [-0.4, -0.2) is 22.1 Å². The van der Waals surface area contributed by atoms with E-state index in [1.807, 2.05) is 5.38 Å². The second-order valence-corrected chi connectivity index (χ2v) is 4.56. The summed E-state index contributed by atoms with van der Waals surface area (Å²) in [4.78, 5) is 26.6. The Balaban J connectivity index is 1.97. The van der Waals surface area contributed by atoms with Crippen molar-refractivity contribution in [2.45, 2.75) is 6.54 Å². The zero-order valence-corrected chi connectivity index (χ0v) is 10.6. The maximum absolute atomic E-state index is 11.6. The molecular formula is C12H11N3O3S. The van der Waals surface area contributed by atoms with Crippen molar-refractivity contribution in [2.75, 3.05) is 5.32 Å². The van der Waals surface area contributed by atoms with E-state index in [1.165, 1.54) is 23.5 Å². The number of amides is 2. The predicted molar refractivity (Wildman–Crippen MR) is 71.4 cm³/mol. The summed E-state index contributed by atoms with van der Waals surface area (Å²) in [5.41, 5.74) is 0.304. The highest BCUT2D eigenvalue weighted by atomic mass is 32.1. The predicted octanol–water partition coefficient (Wildman–Crippen LogP) is 2.16. The summed E-state index contributed by atoms with van der Waals surface area (Å²) in [7, 11) is 0. The second-order valence-electron chi connectivity index (χ2n) is 3.58. The molecule has 2 amide bonds. The molecule has 0 saturated heterocycles. The first kappa shape index (κ1) is 13.0. The Hall–Kier alpha value is -2.41. The first-order valence-corrected chi connectivity index (χ1v) is 6.30. The lowest BCUT2D eigenvalue weighted by atomic mass is 10.2. The number of carboxylic acid groups (broad SMARTS) is 1. The van der Waals surface area contributed by atoms with Gasteiger partial charge in [-0.1, -0.05) is 12.1 Å². The van der Waals surface area contributed by atoms with Crippen molar-refractivity contribution in [1.29, 1.82) is 0 Å². The molecule has 2 rings (SSSR count). The van der Waals surface area contributed by atoms with Crippen LogP contribution in [-0.2, 0) is 6.54 Å². The van der Waals surface area contributed by atoms with Crippen molar-refractivity contribution in [3.05, 3.63) is 46.4 Å². The van der Waals surface area contributed by atoms with Crippen molar-refractivity contribution in [1.82, 2.24) is 10.3 Å². The molecule has 0 aliphatic rings. The summed E-state index contributed by atoms with van der Waals surface area (Å²) >= 11 is 1.43. The number of aromatic carboxylic acids is 1. The lowest BCUT2D eigenvalue weighted by molar-refractivity contribution is 0.0698. The van der Waals surface area contributed by atoms with Gasteiger partial charge in [0.15, 0.2) is 0 Å². The van der Waals surface area contributed by atoms with Gasteiger partial charge in [-0.05, 0) is 12.1 Å². The van der Waals surface area contributed by atoms with Crippen LogP contribution in [0, 0.1) is 0 Å². The van der Waals surface area contributed by atoms with Crippen molar-refractivity contribution < 1.29 is 14.7 Å². The molecule has 98 valence electrons. The molecule has 19 heavy (non-hydrogen) atoms. The molecule has 0 atom stereocenters. The number of para-hydroxylation sites is 1. The van der Waals surface area contributed by atoms with Gasteiger partial charge in [0.1, 0.15) is 5.01 Å². The van der Waals surface area contributed by atoms with E-state index in [9.17, 15) is 9.59 Å². The molecule has 0 fully saturated rings. The summed E-state index contributed by atoms with van der Waals surface area (Å²) in [5.74, 6) is -1.09. The third-order valence-electron chi connectivity index (χ3n) is 2.29. The average molecular weight is 277 g/mol. The van der Waals surface area contributed by atoms with Crippen molar-refractivity contribution in [3.63, 3.8) is 0 Å². The molecule has 3 N–H and O–H groups in total. The lowest BCUT2D eigenvalue weighted by Gasteiger charge is -2.08. The van der Waals surface area contributed by atoms with Gasteiger partial charge in [0, 0.05) is 11.6 Å². The van der Waals surface area contributed by atoms with Crippen LogP contribution < -0.4 is 10.6 Å². The molecular weight excluding hydrogens is 266 g/mol. The minimum Gasteiger partial charge on any atom is -0.478 e. The molecule has 0 aliphatic carbocycles. The normalized spacial score (nSPS) is 9.89. The fourth-order valence-corrected chi connectivity index (χ4v) is 2.00. The maximum atomic E-state index is 11.6. The number of hydrogen-bond donors (Lipinski definition) is 3. The lowest BCUT2D eigenvalue weighted by Crippen LogP contribution is -2.28. The van der Waals surface area contributed by atoms with Crippen LogP contribution in [0.3, 0.4) is 0 Å². The van der Waals surface area contributed by atoms with E-state index < -0.39 is 12.0 Å². The fourth-order valence-electron chi connectivity index (χ4n) is 1.44. The number of anilines is 1. The molecule has 1 aromatic heterocycles. The van der Waals surface area contributed by atoms with Gasteiger partial charge in [-0.2, -0.15) is 0 Å². The highest BCUT2D eigenvalue weighted by Crippen LogP contribution is 2.14. The molecule has 0 saturated carbocycles. The van der Waals surface area contributed by atoms with Crippen LogP contribution in [0.2, 0.25) is 0 Å². The Labute approximate surface area is 113 Å². The van der Waals surface area contributed by atoms with E-state index in [2.05, 4.69) is 15.6 Å². The molecule has 0 aliphatic heterocycles. The summed E-state index contributed by atoms with van der Waals surface area (Å²) in [6.07, 6.45) is 1.65. The van der Waals surface area contributed by atoms with Gasteiger partial charge in [0.05, 0.1) is 17.8 Å². The van der Waals surface area contributed by atoms with Gasteiger partial charge in [-0.25, -0.2) is 14.6 Å². The highest BCUT2D eigenvalue weighted by Gasteiger charge is 2.11. The van der Waals surface area contributed by atoms with Gasteiger partial charge in [0.25, 0.3) is 0 Å². The highest BCUT2D eigenvalue weighted by molar-refractivity contribution is 7.09. The van der Waals surface area contributed by atoms with Crippen LogP contribution >= 0.6 is 11.3 Å². The SMILES string of the molecule is O=C(NCc1nccs1)Nc1ccccc1C(=O)O. The van der Waals surface area contributed by atoms with E-state index in [0.717, 1.165) is 5.01 Å². The van der Waals surface area contributed by atoms with Crippen LogP contribution in [0.25, 0.3) is 0 Å². The summed E-state index contributed by atoms with van der Waals surface area (Å²) < 4.78 is 0. The molecule has 0 spiro atoms. The van der Waals surface area contributed by atoms with Crippen LogP contribution in [0.1, 0.15) is 15.4 Å². The summed E-state index contributed by atoms with van der Waals surface area (Å²) in [6.45, 7) is 0.304.